The van der Waals surface area contributed by atoms with Crippen LogP contribution in [0.15, 0.2) is 34.2 Å². The molecule has 2 heterocycles. The number of hydrogen-bond acceptors (Lipinski definition) is 4. The minimum Gasteiger partial charge on any atom is -0.291 e. The van der Waals surface area contributed by atoms with E-state index in [4.69, 9.17) is 0 Å². The summed E-state index contributed by atoms with van der Waals surface area (Å²) in [4.78, 5) is 29.7. The fourth-order valence-electron chi connectivity index (χ4n) is 2.97. The monoisotopic (exact) mass is 331 g/mol. The highest BCUT2D eigenvalue weighted by molar-refractivity contribution is 7.98. The van der Waals surface area contributed by atoms with E-state index < -0.39 is 0 Å². The molecule has 1 aliphatic rings. The average molecular weight is 331 g/mol. The molecule has 0 unspecified atom stereocenters. The fraction of sp³-hybridized carbons (Fsp3) is 0.375. The topological polar surface area (TPSA) is 69.9 Å². The van der Waals surface area contributed by atoms with Gasteiger partial charge in [0, 0.05) is 17.9 Å². The maximum Gasteiger partial charge on any atom is 0.325 e. The second kappa shape index (κ2) is 6.16. The Morgan fingerprint density at radius 3 is 2.78 bits per heavy atom. The minimum atomic E-state index is -0.291. The molecule has 0 bridgehead atoms. The van der Waals surface area contributed by atoms with Gasteiger partial charge in [-0.25, -0.2) is 4.90 Å². The molecule has 1 N–H and O–H groups in total. The van der Waals surface area contributed by atoms with Crippen LogP contribution in [0.4, 0.5) is 5.69 Å². The van der Waals surface area contributed by atoms with E-state index in [1.807, 2.05) is 44.4 Å². The standard InChI is InChI=1S/C16H18N4O2S/c1-4-12-19(13(21)5-2)11-9-7-6-8-10(11)14-15(22)17-16(23-3)18-20(12)14/h6-9,12H,4-5H2,1-3H3/p+1/t12-/m0/s1. The first-order chi connectivity index (χ1) is 11.1. The normalized spacial score (nSPS) is 16.0. The van der Waals surface area contributed by atoms with Crippen LogP contribution in [0.5, 0.6) is 0 Å². The van der Waals surface area contributed by atoms with Gasteiger partial charge >= 0.3 is 11.3 Å². The van der Waals surface area contributed by atoms with E-state index in [0.29, 0.717) is 23.7 Å². The molecule has 0 saturated carbocycles. The summed E-state index contributed by atoms with van der Waals surface area (Å²) in [5.41, 5.74) is 1.83. The molecular formula is C16H19N4O2S+. The first-order valence-electron chi connectivity index (χ1n) is 7.63. The van der Waals surface area contributed by atoms with Crippen molar-refractivity contribution in [3.63, 3.8) is 0 Å². The summed E-state index contributed by atoms with van der Waals surface area (Å²) < 4.78 is 1.69. The molecule has 7 heteroatoms. The lowest BCUT2D eigenvalue weighted by Crippen LogP contribution is -2.60. The number of amides is 1. The summed E-state index contributed by atoms with van der Waals surface area (Å²) in [5.74, 6) is 0.0234. The molecule has 0 spiro atoms. The molecule has 2 aromatic rings. The number of H-pyrrole nitrogens is 1. The highest BCUT2D eigenvalue weighted by Gasteiger charge is 2.43. The Morgan fingerprint density at radius 1 is 1.39 bits per heavy atom. The van der Waals surface area contributed by atoms with Crippen LogP contribution in [-0.2, 0) is 4.79 Å². The summed E-state index contributed by atoms with van der Waals surface area (Å²) in [6.45, 7) is 3.84. The Morgan fingerprint density at radius 2 is 2.13 bits per heavy atom. The molecule has 1 aromatic carbocycles. The van der Waals surface area contributed by atoms with Gasteiger partial charge < -0.3 is 0 Å². The van der Waals surface area contributed by atoms with E-state index >= 15 is 0 Å². The Hall–Kier alpha value is -2.15. The lowest BCUT2D eigenvalue weighted by Gasteiger charge is -2.31. The smallest absolute Gasteiger partial charge is 0.291 e. The molecule has 1 atom stereocenters. The lowest BCUT2D eigenvalue weighted by atomic mass is 10.0. The predicted octanol–water partition coefficient (Wildman–Crippen LogP) is 2.11. The van der Waals surface area contributed by atoms with E-state index in [9.17, 15) is 9.59 Å². The zero-order chi connectivity index (χ0) is 16.6. The molecule has 3 rings (SSSR count). The molecule has 1 aliphatic heterocycles. The molecule has 0 saturated heterocycles. The highest BCUT2D eigenvalue weighted by Crippen LogP contribution is 2.35. The predicted molar refractivity (Wildman–Crippen MR) is 89.4 cm³/mol. The highest BCUT2D eigenvalue weighted by atomic mass is 32.2. The molecule has 1 amide bonds. The summed E-state index contributed by atoms with van der Waals surface area (Å²) in [6, 6.07) is 7.50. The largest absolute Gasteiger partial charge is 0.325 e. The van der Waals surface area contributed by atoms with Crippen LogP contribution < -0.4 is 15.1 Å². The maximum absolute atomic E-state index is 12.6. The van der Waals surface area contributed by atoms with Crippen LogP contribution in [0.3, 0.4) is 0 Å². The van der Waals surface area contributed by atoms with Crippen molar-refractivity contribution in [1.29, 1.82) is 0 Å². The number of nitrogens with zero attached hydrogens (tertiary/aromatic N) is 3. The molecule has 6 nitrogen and oxygen atoms in total. The van der Waals surface area contributed by atoms with Gasteiger partial charge in [0.15, 0.2) is 0 Å². The van der Waals surface area contributed by atoms with Crippen LogP contribution in [0, 0.1) is 0 Å². The Kier molecular flexibility index (Phi) is 4.21. The number of anilines is 1. The summed E-state index contributed by atoms with van der Waals surface area (Å²) in [6.07, 6.45) is 2.64. The number of para-hydroxylation sites is 1. The summed E-state index contributed by atoms with van der Waals surface area (Å²) >= 11 is 1.37. The second-order valence-corrected chi connectivity index (χ2v) is 6.07. The zero-order valence-electron chi connectivity index (χ0n) is 13.4. The summed E-state index contributed by atoms with van der Waals surface area (Å²) in [7, 11) is 0. The van der Waals surface area contributed by atoms with Gasteiger partial charge in [-0.15, -0.1) is 0 Å². The maximum atomic E-state index is 12.6. The molecular weight excluding hydrogens is 312 g/mol. The fourth-order valence-corrected chi connectivity index (χ4v) is 3.33. The SMILES string of the molecule is CCC(=O)N1c2ccccc2-c2c(=O)[nH]c(SC)n[n+]2[C@H]1CC. The number of aromatic nitrogens is 3. The van der Waals surface area contributed by atoms with Gasteiger partial charge in [-0.05, 0) is 18.4 Å². The van der Waals surface area contributed by atoms with Gasteiger partial charge in [0.2, 0.25) is 11.1 Å². The van der Waals surface area contributed by atoms with Gasteiger partial charge in [0.25, 0.3) is 6.17 Å². The van der Waals surface area contributed by atoms with E-state index in [1.165, 1.54) is 11.8 Å². The van der Waals surface area contributed by atoms with Crippen LogP contribution in [0.2, 0.25) is 0 Å². The lowest BCUT2D eigenvalue weighted by molar-refractivity contribution is -0.771. The van der Waals surface area contributed by atoms with E-state index in [-0.39, 0.29) is 17.6 Å². The van der Waals surface area contributed by atoms with Gasteiger partial charge in [0.05, 0.1) is 11.3 Å². The molecule has 0 radical (unpaired) electrons. The molecule has 0 fully saturated rings. The van der Waals surface area contributed by atoms with Gasteiger partial charge in [0.1, 0.15) is 0 Å². The molecule has 120 valence electrons. The second-order valence-electron chi connectivity index (χ2n) is 5.28. The van der Waals surface area contributed by atoms with Crippen molar-refractivity contribution < 1.29 is 9.48 Å². The first-order valence-corrected chi connectivity index (χ1v) is 8.86. The number of rotatable bonds is 3. The molecule has 0 aliphatic carbocycles. The van der Waals surface area contributed by atoms with Crippen molar-refractivity contribution in [1.82, 2.24) is 10.1 Å². The van der Waals surface area contributed by atoms with E-state index in [1.54, 1.807) is 9.58 Å². The Labute approximate surface area is 138 Å². The Bertz CT molecular complexity index is 818. The molecule has 23 heavy (non-hydrogen) atoms. The van der Waals surface area contributed by atoms with Crippen molar-refractivity contribution in [2.24, 2.45) is 0 Å². The average Bonchev–Trinajstić information content (AvgIpc) is 2.59. The minimum absolute atomic E-state index is 0.0234. The van der Waals surface area contributed by atoms with Crippen molar-refractivity contribution >= 4 is 23.4 Å². The molecule has 1 aromatic heterocycles. The van der Waals surface area contributed by atoms with Crippen LogP contribution in [0.25, 0.3) is 11.3 Å². The van der Waals surface area contributed by atoms with Crippen molar-refractivity contribution in [2.75, 3.05) is 11.2 Å². The first kappa shape index (κ1) is 15.7. The van der Waals surface area contributed by atoms with Crippen LogP contribution in [-0.4, -0.2) is 22.2 Å². The van der Waals surface area contributed by atoms with Gasteiger partial charge in [-0.2, -0.15) is 0 Å². The Balaban J connectivity index is 2.35. The third kappa shape index (κ3) is 2.45. The van der Waals surface area contributed by atoms with Gasteiger partial charge in [-0.3, -0.25) is 14.6 Å². The summed E-state index contributed by atoms with van der Waals surface area (Å²) in [5, 5.41) is 5.08. The van der Waals surface area contributed by atoms with Gasteiger partial charge in [-0.1, -0.05) is 42.4 Å². The number of benzene rings is 1. The van der Waals surface area contributed by atoms with E-state index in [2.05, 4.69) is 10.1 Å². The third-order valence-electron chi connectivity index (χ3n) is 3.99. The quantitative estimate of drug-likeness (QED) is 0.691. The number of fused-ring (bicyclic) bond motifs is 3. The van der Waals surface area contributed by atoms with Crippen molar-refractivity contribution in [3.05, 3.63) is 34.6 Å². The van der Waals surface area contributed by atoms with Crippen molar-refractivity contribution in [3.8, 4) is 11.3 Å². The third-order valence-corrected chi connectivity index (χ3v) is 4.56. The van der Waals surface area contributed by atoms with E-state index in [0.717, 1.165) is 11.3 Å². The number of carbonyl (C=O) groups excluding carboxylic acids is 1. The number of hydrogen-bond donors (Lipinski definition) is 1. The number of aromatic amines is 1. The number of nitrogens with one attached hydrogen (secondary N) is 1. The van der Waals surface area contributed by atoms with Crippen LogP contribution in [0.1, 0.15) is 32.9 Å². The van der Waals surface area contributed by atoms with Crippen LogP contribution >= 0.6 is 11.8 Å². The zero-order valence-corrected chi connectivity index (χ0v) is 14.2. The number of thioether (sulfide) groups is 1. The number of carbonyl (C=O) groups is 1. The van der Waals surface area contributed by atoms with Crippen molar-refractivity contribution in [2.45, 2.75) is 38.0 Å².